The number of carbonyl (C=O) groups is 1. The summed E-state index contributed by atoms with van der Waals surface area (Å²) in [5.74, 6) is -0.350. The molecule has 6 nitrogen and oxygen atoms in total. The first-order valence-corrected chi connectivity index (χ1v) is 7.80. The van der Waals surface area contributed by atoms with E-state index in [9.17, 15) is 15.0 Å². The number of hydrogen-bond donors (Lipinski definition) is 3. The molecule has 0 bridgehead atoms. The summed E-state index contributed by atoms with van der Waals surface area (Å²) in [6.45, 7) is 1.07. The number of nitrogens with one attached hydrogen (secondary N) is 1. The quantitative estimate of drug-likeness (QED) is 0.593. The van der Waals surface area contributed by atoms with Gasteiger partial charge in [0.2, 0.25) is 0 Å². The SMILES string of the molecule is O=C(CN1CCCc2ccccc21)N/N=C\c1ccc(O)cc1O. The van der Waals surface area contributed by atoms with Crippen molar-refractivity contribution >= 4 is 17.8 Å². The molecule has 0 unspecified atom stereocenters. The molecule has 2 aromatic carbocycles. The molecule has 1 heterocycles. The van der Waals surface area contributed by atoms with E-state index >= 15 is 0 Å². The Bertz CT molecular complexity index is 774. The molecule has 0 spiro atoms. The number of para-hydroxylation sites is 1. The van der Waals surface area contributed by atoms with Crippen LogP contribution in [0, 0.1) is 0 Å². The minimum Gasteiger partial charge on any atom is -0.508 e. The van der Waals surface area contributed by atoms with E-state index in [-0.39, 0.29) is 24.0 Å². The summed E-state index contributed by atoms with van der Waals surface area (Å²) in [4.78, 5) is 14.1. The van der Waals surface area contributed by atoms with Crippen LogP contribution in [0.15, 0.2) is 47.6 Å². The Kier molecular flexibility index (Phi) is 4.65. The van der Waals surface area contributed by atoms with Crippen molar-refractivity contribution in [1.29, 1.82) is 0 Å². The van der Waals surface area contributed by atoms with Gasteiger partial charge in [0.1, 0.15) is 11.5 Å². The van der Waals surface area contributed by atoms with Crippen molar-refractivity contribution in [2.45, 2.75) is 12.8 Å². The normalized spacial score (nSPS) is 13.8. The minimum atomic E-state index is -0.221. The van der Waals surface area contributed by atoms with Gasteiger partial charge < -0.3 is 15.1 Å². The molecule has 1 amide bonds. The maximum atomic E-state index is 12.1. The zero-order valence-electron chi connectivity index (χ0n) is 13.1. The summed E-state index contributed by atoms with van der Waals surface area (Å²) in [6, 6.07) is 12.3. The van der Waals surface area contributed by atoms with Gasteiger partial charge in [0.05, 0.1) is 12.8 Å². The van der Waals surface area contributed by atoms with Gasteiger partial charge in [-0.1, -0.05) is 18.2 Å². The smallest absolute Gasteiger partial charge is 0.259 e. The van der Waals surface area contributed by atoms with Gasteiger partial charge in [0.25, 0.3) is 5.91 Å². The predicted molar refractivity (Wildman–Crippen MR) is 92.5 cm³/mol. The van der Waals surface area contributed by atoms with Gasteiger partial charge >= 0.3 is 0 Å². The molecule has 3 rings (SSSR count). The number of hydrogen-bond acceptors (Lipinski definition) is 5. The number of nitrogens with zero attached hydrogens (tertiary/aromatic N) is 2. The monoisotopic (exact) mass is 325 g/mol. The van der Waals surface area contributed by atoms with E-state index in [1.54, 1.807) is 0 Å². The van der Waals surface area contributed by atoms with Crippen molar-refractivity contribution in [3.8, 4) is 11.5 Å². The van der Waals surface area contributed by atoms with Crippen LogP contribution in [-0.2, 0) is 11.2 Å². The van der Waals surface area contributed by atoms with Crippen LogP contribution >= 0.6 is 0 Å². The molecule has 0 atom stereocenters. The molecule has 24 heavy (non-hydrogen) atoms. The lowest BCUT2D eigenvalue weighted by Crippen LogP contribution is -2.38. The van der Waals surface area contributed by atoms with Crippen molar-refractivity contribution in [3.63, 3.8) is 0 Å². The zero-order chi connectivity index (χ0) is 16.9. The second-order valence-electron chi connectivity index (χ2n) is 5.69. The maximum Gasteiger partial charge on any atom is 0.259 e. The number of hydrazone groups is 1. The molecule has 0 aromatic heterocycles. The van der Waals surface area contributed by atoms with Gasteiger partial charge in [-0.15, -0.1) is 0 Å². The second-order valence-corrected chi connectivity index (χ2v) is 5.69. The average Bonchev–Trinajstić information content (AvgIpc) is 2.57. The van der Waals surface area contributed by atoms with Gasteiger partial charge in [-0.3, -0.25) is 4.79 Å². The fraction of sp³-hybridized carbons (Fsp3) is 0.222. The Morgan fingerprint density at radius 1 is 1.25 bits per heavy atom. The first-order valence-electron chi connectivity index (χ1n) is 7.80. The summed E-state index contributed by atoms with van der Waals surface area (Å²) < 4.78 is 0. The van der Waals surface area contributed by atoms with E-state index in [0.717, 1.165) is 25.1 Å². The lowest BCUT2D eigenvalue weighted by atomic mass is 10.0. The van der Waals surface area contributed by atoms with E-state index in [1.165, 1.54) is 30.0 Å². The Labute approximate surface area is 140 Å². The molecular weight excluding hydrogens is 306 g/mol. The third-order valence-electron chi connectivity index (χ3n) is 3.95. The topological polar surface area (TPSA) is 85.2 Å². The van der Waals surface area contributed by atoms with Crippen LogP contribution in [0.1, 0.15) is 17.5 Å². The number of carbonyl (C=O) groups excluding carboxylic acids is 1. The molecule has 6 heteroatoms. The van der Waals surface area contributed by atoms with Crippen LogP contribution in [0.2, 0.25) is 0 Å². The Hall–Kier alpha value is -3.02. The lowest BCUT2D eigenvalue weighted by molar-refractivity contribution is -0.119. The molecule has 0 radical (unpaired) electrons. The number of phenols is 2. The van der Waals surface area contributed by atoms with Crippen molar-refractivity contribution in [1.82, 2.24) is 5.43 Å². The summed E-state index contributed by atoms with van der Waals surface area (Å²) in [5.41, 5.74) is 5.23. The molecule has 1 aliphatic heterocycles. The molecule has 0 saturated heterocycles. The van der Waals surface area contributed by atoms with Crippen LogP contribution in [-0.4, -0.2) is 35.4 Å². The van der Waals surface area contributed by atoms with Gasteiger partial charge in [0.15, 0.2) is 0 Å². The Balaban J connectivity index is 1.59. The van der Waals surface area contributed by atoms with Crippen molar-refractivity contribution in [3.05, 3.63) is 53.6 Å². The second kappa shape index (κ2) is 7.04. The third kappa shape index (κ3) is 3.65. The fourth-order valence-electron chi connectivity index (χ4n) is 2.80. The van der Waals surface area contributed by atoms with Crippen LogP contribution in [0.5, 0.6) is 11.5 Å². The highest BCUT2D eigenvalue weighted by atomic mass is 16.3. The summed E-state index contributed by atoms with van der Waals surface area (Å²) in [6.07, 6.45) is 3.40. The van der Waals surface area contributed by atoms with Gasteiger partial charge in [-0.25, -0.2) is 5.43 Å². The predicted octanol–water partition coefficient (Wildman–Crippen LogP) is 2.00. The van der Waals surface area contributed by atoms with E-state index in [0.29, 0.717) is 5.56 Å². The van der Waals surface area contributed by atoms with Gasteiger partial charge in [-0.05, 0) is 36.6 Å². The number of benzene rings is 2. The largest absolute Gasteiger partial charge is 0.508 e. The Morgan fingerprint density at radius 3 is 2.92 bits per heavy atom. The number of phenolic OH excluding ortho intramolecular Hbond substituents is 2. The molecule has 1 aliphatic rings. The lowest BCUT2D eigenvalue weighted by Gasteiger charge is -2.30. The number of aromatic hydroxyl groups is 2. The molecule has 124 valence electrons. The maximum absolute atomic E-state index is 12.1. The minimum absolute atomic E-state index is 0.0301. The molecule has 0 aliphatic carbocycles. The molecular formula is C18H19N3O3. The van der Waals surface area contributed by atoms with Crippen LogP contribution in [0.4, 0.5) is 5.69 Å². The number of fused-ring (bicyclic) bond motifs is 1. The van der Waals surface area contributed by atoms with Crippen molar-refractivity contribution in [2.75, 3.05) is 18.0 Å². The van der Waals surface area contributed by atoms with Crippen LogP contribution in [0.3, 0.4) is 0 Å². The van der Waals surface area contributed by atoms with E-state index in [1.807, 2.05) is 23.1 Å². The van der Waals surface area contributed by atoms with Gasteiger partial charge in [0, 0.05) is 23.9 Å². The highest BCUT2D eigenvalue weighted by molar-refractivity contribution is 5.86. The molecule has 0 fully saturated rings. The highest BCUT2D eigenvalue weighted by Gasteiger charge is 2.18. The Morgan fingerprint density at radius 2 is 2.08 bits per heavy atom. The van der Waals surface area contributed by atoms with Crippen molar-refractivity contribution < 1.29 is 15.0 Å². The van der Waals surface area contributed by atoms with E-state index in [4.69, 9.17) is 0 Å². The standard InChI is InChI=1S/C18H19N3O3/c22-15-8-7-14(17(23)10-15)11-19-20-18(24)12-21-9-3-5-13-4-1-2-6-16(13)21/h1-2,4,6-8,10-11,22-23H,3,5,9,12H2,(H,20,24)/b19-11-. The molecule has 3 N–H and O–H groups in total. The van der Waals surface area contributed by atoms with E-state index in [2.05, 4.69) is 16.6 Å². The van der Waals surface area contributed by atoms with Gasteiger partial charge in [-0.2, -0.15) is 5.10 Å². The number of aryl methyl sites for hydroxylation is 1. The van der Waals surface area contributed by atoms with Crippen LogP contribution in [0.25, 0.3) is 0 Å². The summed E-state index contributed by atoms with van der Waals surface area (Å²) >= 11 is 0. The van der Waals surface area contributed by atoms with Crippen LogP contribution < -0.4 is 10.3 Å². The summed E-state index contributed by atoms with van der Waals surface area (Å²) in [7, 11) is 0. The fourth-order valence-corrected chi connectivity index (χ4v) is 2.80. The molecule has 0 saturated carbocycles. The number of rotatable bonds is 4. The van der Waals surface area contributed by atoms with E-state index < -0.39 is 0 Å². The first kappa shape index (κ1) is 15.9. The number of anilines is 1. The average molecular weight is 325 g/mol. The summed E-state index contributed by atoms with van der Waals surface area (Å²) in [5, 5.41) is 22.7. The highest BCUT2D eigenvalue weighted by Crippen LogP contribution is 2.26. The van der Waals surface area contributed by atoms with Crippen molar-refractivity contribution in [2.24, 2.45) is 5.10 Å². The molecule has 2 aromatic rings. The third-order valence-corrected chi connectivity index (χ3v) is 3.95. The first-order chi connectivity index (χ1) is 11.6. The number of amides is 1. The zero-order valence-corrected chi connectivity index (χ0v) is 13.1.